The fourth-order valence-corrected chi connectivity index (χ4v) is 3.31. The van der Waals surface area contributed by atoms with E-state index >= 15 is 0 Å². The van der Waals surface area contributed by atoms with Crippen molar-refractivity contribution in [2.75, 3.05) is 25.5 Å². The molecule has 0 bridgehead atoms. The zero-order valence-electron chi connectivity index (χ0n) is 12.2. The van der Waals surface area contributed by atoms with Crippen molar-refractivity contribution < 1.29 is 9.59 Å². The van der Waals surface area contributed by atoms with Gasteiger partial charge in [-0.3, -0.25) is 9.59 Å². The van der Waals surface area contributed by atoms with Crippen LogP contribution in [0.1, 0.15) is 29.6 Å². The van der Waals surface area contributed by atoms with Gasteiger partial charge >= 0.3 is 0 Å². The molecule has 5 nitrogen and oxygen atoms in total. The molecule has 1 aromatic rings. The number of hydrogen-bond acceptors (Lipinski definition) is 3. The van der Waals surface area contributed by atoms with Crippen LogP contribution in [0.3, 0.4) is 0 Å². The predicted octanol–water partition coefficient (Wildman–Crippen LogP) is 1.37. The number of benzene rings is 1. The van der Waals surface area contributed by atoms with Crippen LogP contribution in [0.5, 0.6) is 0 Å². The Kier molecular flexibility index (Phi) is 3.68. The number of hydrogen-bond donors (Lipinski definition) is 3. The van der Waals surface area contributed by atoms with Crippen molar-refractivity contribution in [3.63, 3.8) is 0 Å². The highest BCUT2D eigenvalue weighted by molar-refractivity contribution is 5.98. The second-order valence-corrected chi connectivity index (χ2v) is 6.02. The average Bonchev–Trinajstić information content (AvgIpc) is 3.21. The van der Waals surface area contributed by atoms with Crippen molar-refractivity contribution in [1.82, 2.24) is 10.6 Å². The van der Waals surface area contributed by atoms with Gasteiger partial charge < -0.3 is 16.0 Å². The number of amides is 2. The molecule has 1 saturated heterocycles. The van der Waals surface area contributed by atoms with Gasteiger partial charge in [-0.2, -0.15) is 0 Å². The number of piperidine rings is 1. The molecule has 1 saturated carbocycles. The zero-order valence-corrected chi connectivity index (χ0v) is 12.2. The highest BCUT2D eigenvalue weighted by atomic mass is 16.2. The van der Waals surface area contributed by atoms with Crippen molar-refractivity contribution in [2.45, 2.75) is 19.3 Å². The molecule has 1 atom stereocenters. The van der Waals surface area contributed by atoms with Gasteiger partial charge in [-0.25, -0.2) is 0 Å². The second kappa shape index (κ2) is 5.48. The topological polar surface area (TPSA) is 70.2 Å². The van der Waals surface area contributed by atoms with E-state index in [1.54, 1.807) is 25.2 Å². The average molecular weight is 287 g/mol. The smallest absolute Gasteiger partial charge is 0.251 e. The van der Waals surface area contributed by atoms with Crippen LogP contribution in [-0.4, -0.2) is 32.0 Å². The van der Waals surface area contributed by atoms with Gasteiger partial charge in [0.05, 0.1) is 0 Å². The molecule has 21 heavy (non-hydrogen) atoms. The summed E-state index contributed by atoms with van der Waals surface area (Å²) < 4.78 is 0. The maximum atomic E-state index is 12.4. The van der Waals surface area contributed by atoms with Crippen LogP contribution in [0.2, 0.25) is 0 Å². The Morgan fingerprint density at radius 1 is 1.29 bits per heavy atom. The van der Waals surface area contributed by atoms with Crippen molar-refractivity contribution in [3.8, 4) is 0 Å². The summed E-state index contributed by atoms with van der Waals surface area (Å²) in [5, 5.41) is 8.88. The van der Waals surface area contributed by atoms with Gasteiger partial charge in [-0.15, -0.1) is 0 Å². The van der Waals surface area contributed by atoms with Crippen molar-refractivity contribution in [1.29, 1.82) is 0 Å². The van der Waals surface area contributed by atoms with Crippen molar-refractivity contribution in [3.05, 3.63) is 29.8 Å². The highest BCUT2D eigenvalue weighted by Gasteiger charge is 2.57. The number of nitrogens with one attached hydrogen (secondary N) is 3. The largest absolute Gasteiger partial charge is 0.355 e. The Labute approximate surface area is 124 Å². The molecule has 0 radical (unpaired) electrons. The number of rotatable bonds is 3. The SMILES string of the molecule is CNC(=O)c1cccc(NC(=O)C2CC23CCNCC3)c1. The summed E-state index contributed by atoms with van der Waals surface area (Å²) in [5.74, 6) is 0.0709. The number of anilines is 1. The first-order chi connectivity index (χ1) is 10.1. The second-order valence-electron chi connectivity index (χ2n) is 6.02. The molecular formula is C16H21N3O2. The molecule has 112 valence electrons. The summed E-state index contributed by atoms with van der Waals surface area (Å²) in [6, 6.07) is 7.06. The fourth-order valence-electron chi connectivity index (χ4n) is 3.31. The normalized spacial score (nSPS) is 22.6. The minimum Gasteiger partial charge on any atom is -0.355 e. The number of carbonyl (C=O) groups excluding carboxylic acids is 2. The van der Waals surface area contributed by atoms with Gasteiger partial charge in [0.2, 0.25) is 5.91 Å². The van der Waals surface area contributed by atoms with Crippen LogP contribution in [0.25, 0.3) is 0 Å². The lowest BCUT2D eigenvalue weighted by molar-refractivity contribution is -0.118. The molecular weight excluding hydrogens is 266 g/mol. The molecule has 2 amide bonds. The lowest BCUT2D eigenvalue weighted by Gasteiger charge is -2.23. The zero-order chi connectivity index (χ0) is 14.9. The lowest BCUT2D eigenvalue weighted by atomic mass is 9.92. The van der Waals surface area contributed by atoms with E-state index in [9.17, 15) is 9.59 Å². The van der Waals surface area contributed by atoms with Gasteiger partial charge in [-0.1, -0.05) is 6.07 Å². The van der Waals surface area contributed by atoms with E-state index in [-0.39, 0.29) is 23.1 Å². The minimum atomic E-state index is -0.146. The molecule has 1 unspecified atom stereocenters. The molecule has 1 heterocycles. The molecule has 0 aromatic heterocycles. The standard InChI is InChI=1S/C16H21N3O2/c1-17-14(20)11-3-2-4-12(9-11)19-15(21)13-10-16(13)5-7-18-8-6-16/h2-4,9,13,18H,5-8,10H2,1H3,(H,17,20)(H,19,21). The van der Waals surface area contributed by atoms with E-state index < -0.39 is 0 Å². The van der Waals surface area contributed by atoms with E-state index in [0.29, 0.717) is 11.3 Å². The van der Waals surface area contributed by atoms with Crippen LogP contribution in [-0.2, 0) is 4.79 Å². The first-order valence-corrected chi connectivity index (χ1v) is 7.48. The van der Waals surface area contributed by atoms with E-state index in [4.69, 9.17) is 0 Å². The van der Waals surface area contributed by atoms with Crippen LogP contribution in [0, 0.1) is 11.3 Å². The molecule has 3 rings (SSSR count). The maximum absolute atomic E-state index is 12.4. The van der Waals surface area contributed by atoms with Crippen LogP contribution in [0.15, 0.2) is 24.3 Å². The van der Waals surface area contributed by atoms with Crippen molar-refractivity contribution in [2.24, 2.45) is 11.3 Å². The van der Waals surface area contributed by atoms with Gasteiger partial charge in [0, 0.05) is 24.2 Å². The third-order valence-corrected chi connectivity index (χ3v) is 4.72. The molecule has 1 aliphatic carbocycles. The van der Waals surface area contributed by atoms with Crippen LogP contribution >= 0.6 is 0 Å². The molecule has 1 aliphatic heterocycles. The van der Waals surface area contributed by atoms with Gasteiger partial charge in [-0.05, 0) is 56.0 Å². The van der Waals surface area contributed by atoms with Crippen LogP contribution in [0.4, 0.5) is 5.69 Å². The summed E-state index contributed by atoms with van der Waals surface area (Å²) in [4.78, 5) is 24.0. The molecule has 1 spiro atoms. The summed E-state index contributed by atoms with van der Waals surface area (Å²) in [6.45, 7) is 2.02. The Morgan fingerprint density at radius 3 is 2.76 bits per heavy atom. The third-order valence-electron chi connectivity index (χ3n) is 4.72. The Bertz CT molecular complexity index is 564. The van der Waals surface area contributed by atoms with Crippen LogP contribution < -0.4 is 16.0 Å². The lowest BCUT2D eigenvalue weighted by Crippen LogP contribution is -2.31. The van der Waals surface area contributed by atoms with E-state index in [2.05, 4.69) is 16.0 Å². The summed E-state index contributed by atoms with van der Waals surface area (Å²) >= 11 is 0. The highest BCUT2D eigenvalue weighted by Crippen LogP contribution is 2.58. The summed E-state index contributed by atoms with van der Waals surface area (Å²) in [7, 11) is 1.60. The Morgan fingerprint density at radius 2 is 2.05 bits per heavy atom. The molecule has 5 heteroatoms. The Balaban J connectivity index is 1.64. The van der Waals surface area contributed by atoms with E-state index in [1.165, 1.54) is 0 Å². The summed E-state index contributed by atoms with van der Waals surface area (Å²) in [6.07, 6.45) is 3.17. The molecule has 2 aliphatic rings. The molecule has 1 aromatic carbocycles. The monoisotopic (exact) mass is 287 g/mol. The molecule has 3 N–H and O–H groups in total. The number of carbonyl (C=O) groups is 2. The van der Waals surface area contributed by atoms with E-state index in [0.717, 1.165) is 32.4 Å². The van der Waals surface area contributed by atoms with Gasteiger partial charge in [0.1, 0.15) is 0 Å². The fraction of sp³-hybridized carbons (Fsp3) is 0.500. The maximum Gasteiger partial charge on any atom is 0.251 e. The first kappa shape index (κ1) is 14.1. The summed E-state index contributed by atoms with van der Waals surface area (Å²) in [5.41, 5.74) is 1.48. The van der Waals surface area contributed by atoms with Gasteiger partial charge in [0.25, 0.3) is 5.91 Å². The quantitative estimate of drug-likeness (QED) is 0.786. The minimum absolute atomic E-state index is 0.0888. The Hall–Kier alpha value is -1.88. The predicted molar refractivity (Wildman–Crippen MR) is 81.1 cm³/mol. The van der Waals surface area contributed by atoms with E-state index in [1.807, 2.05) is 6.07 Å². The third kappa shape index (κ3) is 2.78. The first-order valence-electron chi connectivity index (χ1n) is 7.48. The molecule has 2 fully saturated rings. The van der Waals surface area contributed by atoms with Gasteiger partial charge in [0.15, 0.2) is 0 Å². The van der Waals surface area contributed by atoms with Crippen molar-refractivity contribution >= 4 is 17.5 Å².